The van der Waals surface area contributed by atoms with Crippen molar-refractivity contribution in [2.45, 2.75) is 6.54 Å². The summed E-state index contributed by atoms with van der Waals surface area (Å²) in [7, 11) is -3.24. The molecule has 8 heteroatoms. The van der Waals surface area contributed by atoms with Crippen LogP contribution in [0.1, 0.15) is 11.1 Å². The molecule has 2 aromatic carbocycles. The molecule has 1 aromatic heterocycles. The molecule has 3 aromatic rings. The van der Waals surface area contributed by atoms with Crippen LogP contribution < -0.4 is 10.3 Å². The first-order chi connectivity index (χ1) is 12.3. The molecule has 3 rings (SSSR count). The molecule has 0 aliphatic heterocycles. The lowest BCUT2D eigenvalue weighted by molar-refractivity contribution is 0.452. The van der Waals surface area contributed by atoms with Crippen molar-refractivity contribution in [2.75, 3.05) is 6.26 Å². The minimum atomic E-state index is -3.24. The number of nitrogens with zero attached hydrogens (tertiary/aromatic N) is 1. The van der Waals surface area contributed by atoms with E-state index in [-0.39, 0.29) is 18.0 Å². The highest BCUT2D eigenvalue weighted by Crippen LogP contribution is 2.21. The zero-order chi connectivity index (χ0) is 18.7. The van der Waals surface area contributed by atoms with Crippen LogP contribution in [0.5, 0.6) is 5.88 Å². The summed E-state index contributed by atoms with van der Waals surface area (Å²) in [6, 6.07) is 13.9. The van der Waals surface area contributed by atoms with E-state index in [1.165, 1.54) is 6.21 Å². The van der Waals surface area contributed by atoms with E-state index in [1.54, 1.807) is 48.5 Å². The number of hydrogen-bond donors (Lipinski definition) is 3. The molecule has 1 heterocycles. The number of fused-ring (bicyclic) bond motifs is 1. The van der Waals surface area contributed by atoms with Crippen LogP contribution in [0.15, 0.2) is 58.3 Å². The van der Waals surface area contributed by atoms with E-state index < -0.39 is 10.0 Å². The van der Waals surface area contributed by atoms with Crippen LogP contribution in [-0.4, -0.2) is 31.0 Å². The molecule has 26 heavy (non-hydrogen) atoms. The zero-order valence-corrected chi connectivity index (χ0v) is 14.7. The average Bonchev–Trinajstić information content (AvgIpc) is 2.60. The van der Waals surface area contributed by atoms with Gasteiger partial charge in [-0.3, -0.25) is 14.8 Å². The van der Waals surface area contributed by atoms with Gasteiger partial charge in [0.2, 0.25) is 15.9 Å². The molecule has 134 valence electrons. The van der Waals surface area contributed by atoms with Crippen LogP contribution in [0, 0.1) is 0 Å². The van der Waals surface area contributed by atoms with Crippen LogP contribution in [0.2, 0.25) is 0 Å². The number of aromatic amines is 1. The summed E-state index contributed by atoms with van der Waals surface area (Å²) in [5.74, 6) is -0.244. The van der Waals surface area contributed by atoms with Crippen LogP contribution >= 0.6 is 0 Å². The highest BCUT2D eigenvalue weighted by molar-refractivity contribution is 7.88. The Kier molecular flexibility index (Phi) is 4.88. The van der Waals surface area contributed by atoms with Crippen molar-refractivity contribution < 1.29 is 13.5 Å². The van der Waals surface area contributed by atoms with Gasteiger partial charge in [-0.15, -0.1) is 0 Å². The third-order valence-electron chi connectivity index (χ3n) is 3.77. The van der Waals surface area contributed by atoms with E-state index in [9.17, 15) is 18.3 Å². The normalized spacial score (nSPS) is 12.0. The second-order valence-electron chi connectivity index (χ2n) is 5.78. The lowest BCUT2D eigenvalue weighted by Crippen LogP contribution is -2.21. The molecule has 7 nitrogen and oxygen atoms in total. The van der Waals surface area contributed by atoms with Crippen molar-refractivity contribution in [1.29, 1.82) is 0 Å². The molecule has 0 amide bonds. The van der Waals surface area contributed by atoms with E-state index in [2.05, 4.69) is 14.7 Å². The van der Waals surface area contributed by atoms with Gasteiger partial charge in [-0.2, -0.15) is 0 Å². The van der Waals surface area contributed by atoms with E-state index in [1.807, 2.05) is 0 Å². The minimum absolute atomic E-state index is 0.203. The fraction of sp³-hybridized carbons (Fsp3) is 0.111. The molecule has 3 N–H and O–H groups in total. The molecule has 0 aliphatic carbocycles. The summed E-state index contributed by atoms with van der Waals surface area (Å²) in [6.07, 6.45) is 2.59. The maximum atomic E-state index is 11.9. The van der Waals surface area contributed by atoms with Gasteiger partial charge in [0.05, 0.1) is 17.5 Å². The van der Waals surface area contributed by atoms with Gasteiger partial charge >= 0.3 is 0 Å². The van der Waals surface area contributed by atoms with Crippen LogP contribution in [0.3, 0.4) is 0 Å². The van der Waals surface area contributed by atoms with Crippen molar-refractivity contribution in [3.63, 3.8) is 0 Å². The predicted octanol–water partition coefficient (Wildman–Crippen LogP) is 2.03. The van der Waals surface area contributed by atoms with Crippen molar-refractivity contribution in [2.24, 2.45) is 4.99 Å². The molecule has 0 atom stereocenters. The van der Waals surface area contributed by atoms with Crippen molar-refractivity contribution in [3.05, 3.63) is 70.0 Å². The summed E-state index contributed by atoms with van der Waals surface area (Å²) < 4.78 is 24.6. The predicted molar refractivity (Wildman–Crippen MR) is 102 cm³/mol. The summed E-state index contributed by atoms with van der Waals surface area (Å²) >= 11 is 0. The second-order valence-corrected chi connectivity index (χ2v) is 7.61. The zero-order valence-electron chi connectivity index (χ0n) is 13.9. The van der Waals surface area contributed by atoms with E-state index in [4.69, 9.17) is 0 Å². The number of pyridine rings is 1. The number of sulfonamides is 1. The standard InChI is InChI=1S/C18H17N3O4S/c1-26(24,25)20-10-12-6-8-13(9-7-12)19-11-16-14-4-2-3-5-15(14)17(22)21-18(16)23/h2-9,11,20H,10H2,1H3,(H2,21,22,23). The Labute approximate surface area is 150 Å². The molecule has 0 saturated carbocycles. The number of hydrogen-bond acceptors (Lipinski definition) is 5. The van der Waals surface area contributed by atoms with Gasteiger partial charge in [-0.25, -0.2) is 13.1 Å². The van der Waals surface area contributed by atoms with E-state index in [0.29, 0.717) is 22.0 Å². The molecule has 0 fully saturated rings. The SMILES string of the molecule is CS(=O)(=O)NCc1ccc(N=Cc2c(O)[nH]c(=O)c3ccccc23)cc1. The van der Waals surface area contributed by atoms with Gasteiger partial charge in [-0.1, -0.05) is 30.3 Å². The lowest BCUT2D eigenvalue weighted by atomic mass is 10.1. The Balaban J connectivity index is 1.87. The molecular weight excluding hydrogens is 354 g/mol. The maximum absolute atomic E-state index is 11.9. The van der Waals surface area contributed by atoms with Gasteiger partial charge in [0.25, 0.3) is 5.56 Å². The van der Waals surface area contributed by atoms with Gasteiger partial charge in [0.15, 0.2) is 0 Å². The second kappa shape index (κ2) is 7.11. The molecule has 0 aliphatic rings. The third kappa shape index (κ3) is 4.16. The fourth-order valence-corrected chi connectivity index (χ4v) is 2.90. The highest BCUT2D eigenvalue weighted by atomic mass is 32.2. The fourth-order valence-electron chi connectivity index (χ4n) is 2.47. The Morgan fingerprint density at radius 1 is 1.12 bits per heavy atom. The Morgan fingerprint density at radius 3 is 2.42 bits per heavy atom. The summed E-state index contributed by atoms with van der Waals surface area (Å²) in [6.45, 7) is 0.203. The number of aromatic nitrogens is 1. The topological polar surface area (TPSA) is 112 Å². The number of aliphatic imine (C=N–C) groups is 1. The monoisotopic (exact) mass is 371 g/mol. The first-order valence-corrected chi connectivity index (χ1v) is 9.64. The number of nitrogens with one attached hydrogen (secondary N) is 2. The quantitative estimate of drug-likeness (QED) is 0.596. The lowest BCUT2D eigenvalue weighted by Gasteiger charge is -2.05. The molecular formula is C18H17N3O4S. The Hall–Kier alpha value is -2.97. The van der Waals surface area contributed by atoms with Crippen molar-refractivity contribution >= 4 is 32.7 Å². The van der Waals surface area contributed by atoms with Gasteiger partial charge in [-0.05, 0) is 23.8 Å². The molecule has 0 spiro atoms. The molecule has 0 bridgehead atoms. The summed E-state index contributed by atoms with van der Waals surface area (Å²) in [5, 5.41) is 11.1. The highest BCUT2D eigenvalue weighted by Gasteiger charge is 2.08. The number of rotatable bonds is 5. The molecule has 0 radical (unpaired) electrons. The third-order valence-corrected chi connectivity index (χ3v) is 4.44. The van der Waals surface area contributed by atoms with Crippen LogP contribution in [0.25, 0.3) is 10.8 Å². The first-order valence-electron chi connectivity index (χ1n) is 7.75. The van der Waals surface area contributed by atoms with Gasteiger partial charge in [0.1, 0.15) is 0 Å². The Morgan fingerprint density at radius 2 is 1.77 bits per heavy atom. The number of benzene rings is 2. The Bertz CT molecular complexity index is 1130. The van der Waals surface area contributed by atoms with Crippen LogP contribution in [0.4, 0.5) is 5.69 Å². The van der Waals surface area contributed by atoms with Crippen molar-refractivity contribution in [1.82, 2.24) is 9.71 Å². The largest absolute Gasteiger partial charge is 0.494 e. The number of aromatic hydroxyl groups is 1. The average molecular weight is 371 g/mol. The summed E-state index contributed by atoms with van der Waals surface area (Å²) in [5.41, 5.74) is 1.48. The van der Waals surface area contributed by atoms with E-state index >= 15 is 0 Å². The first kappa shape index (κ1) is 17.8. The molecule has 0 unspecified atom stereocenters. The number of H-pyrrole nitrogens is 1. The minimum Gasteiger partial charge on any atom is -0.494 e. The van der Waals surface area contributed by atoms with Gasteiger partial charge < -0.3 is 5.11 Å². The maximum Gasteiger partial charge on any atom is 0.258 e. The smallest absolute Gasteiger partial charge is 0.258 e. The van der Waals surface area contributed by atoms with Gasteiger partial charge in [0, 0.05) is 23.5 Å². The molecule has 0 saturated heterocycles. The van der Waals surface area contributed by atoms with E-state index in [0.717, 1.165) is 11.8 Å². The van der Waals surface area contributed by atoms with Crippen molar-refractivity contribution in [3.8, 4) is 5.88 Å². The van der Waals surface area contributed by atoms with Crippen LogP contribution in [-0.2, 0) is 16.6 Å². The summed E-state index contributed by atoms with van der Waals surface area (Å²) in [4.78, 5) is 18.6.